The highest BCUT2D eigenvalue weighted by molar-refractivity contribution is 7.20. The lowest BCUT2D eigenvalue weighted by Crippen LogP contribution is -2.45. The van der Waals surface area contributed by atoms with E-state index in [1.54, 1.807) is 32.4 Å². The van der Waals surface area contributed by atoms with Crippen LogP contribution in [0.3, 0.4) is 0 Å². The Morgan fingerprint density at radius 2 is 2.00 bits per heavy atom. The lowest BCUT2D eigenvalue weighted by Gasteiger charge is -2.18. The van der Waals surface area contributed by atoms with Crippen LogP contribution in [0.1, 0.15) is 57.4 Å². The molecule has 0 unspecified atom stereocenters. The Labute approximate surface area is 184 Å². The van der Waals surface area contributed by atoms with Gasteiger partial charge in [0.2, 0.25) is 0 Å². The Morgan fingerprint density at radius 1 is 1.32 bits per heavy atom. The molecule has 31 heavy (non-hydrogen) atoms. The van der Waals surface area contributed by atoms with Gasteiger partial charge in [0.1, 0.15) is 10.4 Å². The molecular formula is C21H30N4O5S. The van der Waals surface area contributed by atoms with Gasteiger partial charge < -0.3 is 9.47 Å². The second-order valence-electron chi connectivity index (χ2n) is 8.79. The van der Waals surface area contributed by atoms with E-state index in [1.165, 1.54) is 22.1 Å². The first-order valence-corrected chi connectivity index (χ1v) is 11.2. The van der Waals surface area contributed by atoms with E-state index in [4.69, 9.17) is 9.47 Å². The summed E-state index contributed by atoms with van der Waals surface area (Å²) >= 11 is 1.29. The number of aryl methyl sites for hydroxylation is 1. The monoisotopic (exact) mass is 450 g/mol. The van der Waals surface area contributed by atoms with Crippen LogP contribution < -0.4 is 16.7 Å². The summed E-state index contributed by atoms with van der Waals surface area (Å²) in [6.07, 6.45) is 3.19. The Bertz CT molecular complexity index is 1130. The average molecular weight is 451 g/mol. The van der Waals surface area contributed by atoms with Gasteiger partial charge in [-0.3, -0.25) is 13.9 Å². The van der Waals surface area contributed by atoms with Gasteiger partial charge in [-0.2, -0.15) is 5.10 Å². The number of rotatable bonds is 7. The van der Waals surface area contributed by atoms with Gasteiger partial charge in [0.25, 0.3) is 5.56 Å². The van der Waals surface area contributed by atoms with Crippen LogP contribution in [0, 0.1) is 6.92 Å². The third-order valence-electron chi connectivity index (χ3n) is 5.46. The number of ether oxygens (including phenoxy) is 2. The van der Waals surface area contributed by atoms with E-state index in [-0.39, 0.29) is 11.2 Å². The van der Waals surface area contributed by atoms with Crippen molar-refractivity contribution in [3.05, 3.63) is 31.3 Å². The zero-order valence-corrected chi connectivity index (χ0v) is 19.7. The van der Waals surface area contributed by atoms with E-state index in [1.807, 2.05) is 13.8 Å². The van der Waals surface area contributed by atoms with Crippen molar-refractivity contribution >= 4 is 33.9 Å². The second-order valence-corrected chi connectivity index (χ2v) is 9.82. The predicted molar refractivity (Wildman–Crippen MR) is 121 cm³/mol. The van der Waals surface area contributed by atoms with E-state index in [0.717, 1.165) is 24.8 Å². The predicted octanol–water partition coefficient (Wildman–Crippen LogP) is 2.94. The molecule has 1 N–H and O–H groups in total. The van der Waals surface area contributed by atoms with Crippen LogP contribution in [0.25, 0.3) is 10.2 Å². The number of aromatic nitrogens is 2. The third kappa shape index (κ3) is 4.59. The van der Waals surface area contributed by atoms with Gasteiger partial charge in [0.05, 0.1) is 35.2 Å². The standard InChI is InChI=1S/C21H30N4O5S/c1-7-21(8-9-21)25-16(26)15-13(2)14(12-22-23-18(27)30-20(3,4)5)31-17(15)24(19(25)28)10-11-29-6/h12H,7-11H2,1-6H3,(H,23,27). The van der Waals surface area contributed by atoms with Gasteiger partial charge in [-0.15, -0.1) is 11.3 Å². The highest BCUT2D eigenvalue weighted by atomic mass is 32.1. The minimum atomic E-state index is -0.666. The molecule has 0 aromatic carbocycles. The highest BCUT2D eigenvalue weighted by Crippen LogP contribution is 2.45. The maximum Gasteiger partial charge on any atom is 0.428 e. The number of hydrazone groups is 1. The van der Waals surface area contributed by atoms with E-state index in [0.29, 0.717) is 28.2 Å². The van der Waals surface area contributed by atoms with Crippen LogP contribution in [0.2, 0.25) is 0 Å². The summed E-state index contributed by atoms with van der Waals surface area (Å²) in [6.45, 7) is 9.82. The van der Waals surface area contributed by atoms with Gasteiger partial charge in [0, 0.05) is 7.11 Å². The van der Waals surface area contributed by atoms with Gasteiger partial charge in [-0.25, -0.2) is 15.0 Å². The van der Waals surface area contributed by atoms with E-state index >= 15 is 0 Å². The number of hydrogen-bond donors (Lipinski definition) is 1. The van der Waals surface area contributed by atoms with E-state index in [2.05, 4.69) is 10.5 Å². The molecule has 2 heterocycles. The molecule has 1 amide bonds. The van der Waals surface area contributed by atoms with Gasteiger partial charge in [0.15, 0.2) is 0 Å². The van der Waals surface area contributed by atoms with Gasteiger partial charge in [-0.05, 0) is 52.5 Å². The van der Waals surface area contributed by atoms with Crippen molar-refractivity contribution in [3.63, 3.8) is 0 Å². The molecule has 2 aromatic rings. The van der Waals surface area contributed by atoms with E-state index in [9.17, 15) is 14.4 Å². The number of nitrogens with zero attached hydrogens (tertiary/aromatic N) is 3. The van der Waals surface area contributed by atoms with Gasteiger partial charge in [-0.1, -0.05) is 6.92 Å². The molecule has 2 aromatic heterocycles. The van der Waals surface area contributed by atoms with Crippen molar-refractivity contribution in [2.75, 3.05) is 13.7 Å². The van der Waals surface area contributed by atoms with Crippen LogP contribution >= 0.6 is 11.3 Å². The topological polar surface area (TPSA) is 104 Å². The molecule has 1 saturated carbocycles. The molecule has 170 valence electrons. The summed E-state index contributed by atoms with van der Waals surface area (Å²) < 4.78 is 13.4. The summed E-state index contributed by atoms with van der Waals surface area (Å²) in [6, 6.07) is 0. The Kier molecular flexibility index (Phi) is 6.43. The van der Waals surface area contributed by atoms with Crippen LogP contribution in [0.15, 0.2) is 14.7 Å². The molecule has 0 aliphatic heterocycles. The lowest BCUT2D eigenvalue weighted by molar-refractivity contribution is 0.0529. The molecular weight excluding hydrogens is 420 g/mol. The minimum absolute atomic E-state index is 0.262. The average Bonchev–Trinajstić information content (AvgIpc) is 3.39. The van der Waals surface area contributed by atoms with Crippen molar-refractivity contribution in [2.24, 2.45) is 5.10 Å². The zero-order valence-electron chi connectivity index (χ0n) is 18.9. The number of methoxy groups -OCH3 is 1. The highest BCUT2D eigenvalue weighted by Gasteiger charge is 2.45. The van der Waals surface area contributed by atoms with Crippen LogP contribution in [-0.4, -0.2) is 40.8 Å². The van der Waals surface area contributed by atoms with Crippen molar-refractivity contribution in [1.82, 2.24) is 14.6 Å². The van der Waals surface area contributed by atoms with Crippen LogP contribution in [0.5, 0.6) is 0 Å². The number of fused-ring (bicyclic) bond motifs is 1. The molecule has 1 fully saturated rings. The van der Waals surface area contributed by atoms with Crippen molar-refractivity contribution in [2.45, 2.75) is 71.6 Å². The molecule has 0 bridgehead atoms. The van der Waals surface area contributed by atoms with Crippen molar-refractivity contribution in [1.29, 1.82) is 0 Å². The first-order valence-electron chi connectivity index (χ1n) is 10.3. The molecule has 1 aliphatic rings. The largest absolute Gasteiger partial charge is 0.443 e. The first-order chi connectivity index (χ1) is 14.5. The normalized spacial score (nSPS) is 15.5. The number of amides is 1. The van der Waals surface area contributed by atoms with E-state index < -0.39 is 17.2 Å². The minimum Gasteiger partial charge on any atom is -0.443 e. The molecule has 10 heteroatoms. The number of nitrogens with one attached hydrogen (secondary N) is 1. The molecule has 3 rings (SSSR count). The zero-order chi connectivity index (χ0) is 23.0. The summed E-state index contributed by atoms with van der Waals surface area (Å²) in [4.78, 5) is 39.8. The quantitative estimate of drug-likeness (QED) is 0.516. The fourth-order valence-corrected chi connectivity index (χ4v) is 4.80. The molecule has 9 nitrogen and oxygen atoms in total. The van der Waals surface area contributed by atoms with Crippen LogP contribution in [0.4, 0.5) is 4.79 Å². The SMILES string of the molecule is CCC1(n2c(=O)c3c(C)c(C=NNC(=O)OC(C)(C)C)sc3n(CCOC)c2=O)CC1. The molecule has 0 spiro atoms. The van der Waals surface area contributed by atoms with Crippen molar-refractivity contribution < 1.29 is 14.3 Å². The Morgan fingerprint density at radius 3 is 2.55 bits per heavy atom. The summed E-state index contributed by atoms with van der Waals surface area (Å²) in [5.41, 5.74) is 1.48. The molecule has 0 atom stereocenters. The summed E-state index contributed by atoms with van der Waals surface area (Å²) in [7, 11) is 1.58. The smallest absolute Gasteiger partial charge is 0.428 e. The number of carbonyl (C=O) groups is 1. The number of hydrogen-bond acceptors (Lipinski definition) is 7. The first kappa shape index (κ1) is 23.2. The third-order valence-corrected chi connectivity index (χ3v) is 6.71. The Balaban J connectivity index is 2.07. The fraction of sp³-hybridized carbons (Fsp3) is 0.619. The van der Waals surface area contributed by atoms with Gasteiger partial charge >= 0.3 is 11.8 Å². The Hall–Kier alpha value is -2.46. The maximum absolute atomic E-state index is 13.4. The molecule has 0 radical (unpaired) electrons. The fourth-order valence-electron chi connectivity index (χ4n) is 3.61. The molecule has 0 saturated heterocycles. The number of thiophene rings is 1. The van der Waals surface area contributed by atoms with Crippen LogP contribution in [-0.2, 0) is 21.6 Å². The number of carbonyl (C=O) groups excluding carboxylic acids is 1. The molecule has 1 aliphatic carbocycles. The lowest BCUT2D eigenvalue weighted by atomic mass is 10.1. The second kappa shape index (κ2) is 8.58. The summed E-state index contributed by atoms with van der Waals surface area (Å²) in [5.74, 6) is 0. The summed E-state index contributed by atoms with van der Waals surface area (Å²) in [5, 5.41) is 4.48. The maximum atomic E-state index is 13.4. The van der Waals surface area contributed by atoms with Crippen molar-refractivity contribution in [3.8, 4) is 0 Å².